The molecule has 0 aliphatic rings. The monoisotopic (exact) mass is 307 g/mol. The van der Waals surface area contributed by atoms with Gasteiger partial charge < -0.3 is 0 Å². The molecule has 5 nitrogen and oxygen atoms in total. The Hall–Kier alpha value is -2.86. The maximum Gasteiger partial charge on any atom is 0.269 e. The van der Waals surface area contributed by atoms with Crippen molar-refractivity contribution in [2.75, 3.05) is 0 Å². The number of benzene rings is 2. The third-order valence-electron chi connectivity index (χ3n) is 3.40. The highest BCUT2D eigenvalue weighted by molar-refractivity contribution is 7.21. The Morgan fingerprint density at radius 2 is 1.59 bits per heavy atom. The van der Waals surface area contributed by atoms with E-state index in [0.29, 0.717) is 0 Å². The van der Waals surface area contributed by atoms with Crippen LogP contribution in [0.2, 0.25) is 0 Å². The van der Waals surface area contributed by atoms with Gasteiger partial charge in [0.1, 0.15) is 10.3 Å². The highest BCUT2D eigenvalue weighted by Crippen LogP contribution is 2.33. The summed E-state index contributed by atoms with van der Waals surface area (Å²) in [5.41, 5.74) is 3.60. The van der Waals surface area contributed by atoms with Crippen molar-refractivity contribution < 1.29 is 4.92 Å². The maximum atomic E-state index is 10.7. The number of nitro benzene ring substituents is 1. The van der Waals surface area contributed by atoms with E-state index in [9.17, 15) is 10.1 Å². The summed E-state index contributed by atoms with van der Waals surface area (Å²) in [6.45, 7) is 0. The predicted octanol–water partition coefficient (Wildman–Crippen LogP) is 4.42. The third kappa shape index (κ3) is 2.10. The van der Waals surface area contributed by atoms with Gasteiger partial charge in [0.2, 0.25) is 0 Å². The van der Waals surface area contributed by atoms with Crippen LogP contribution in [0.4, 0.5) is 5.69 Å². The van der Waals surface area contributed by atoms with Crippen molar-refractivity contribution in [3.8, 4) is 10.4 Å². The third-order valence-corrected chi connectivity index (χ3v) is 4.47. The molecule has 0 unspecified atom stereocenters. The maximum absolute atomic E-state index is 10.7. The lowest BCUT2D eigenvalue weighted by Gasteiger charge is -1.95. The number of hydrogen-bond acceptors (Lipinski definition) is 5. The molecule has 4 rings (SSSR count). The van der Waals surface area contributed by atoms with Gasteiger partial charge >= 0.3 is 0 Å². The van der Waals surface area contributed by atoms with E-state index in [1.807, 2.05) is 30.3 Å². The Kier molecular flexibility index (Phi) is 2.83. The fourth-order valence-electron chi connectivity index (χ4n) is 2.31. The summed E-state index contributed by atoms with van der Waals surface area (Å²) in [5.74, 6) is 0. The fraction of sp³-hybridized carbons (Fsp3) is 0. The largest absolute Gasteiger partial charge is 0.269 e. The molecule has 2 heterocycles. The van der Waals surface area contributed by atoms with Gasteiger partial charge in [-0.1, -0.05) is 12.1 Å². The fourth-order valence-corrected chi connectivity index (χ4v) is 3.30. The highest BCUT2D eigenvalue weighted by atomic mass is 32.1. The van der Waals surface area contributed by atoms with Crippen molar-refractivity contribution in [1.82, 2.24) is 9.97 Å². The first-order valence-electron chi connectivity index (χ1n) is 6.62. The molecule has 0 saturated heterocycles. The molecule has 0 amide bonds. The topological polar surface area (TPSA) is 68.9 Å². The van der Waals surface area contributed by atoms with Crippen molar-refractivity contribution in [3.05, 3.63) is 64.7 Å². The Balaban J connectivity index is 1.84. The average Bonchev–Trinajstić information content (AvgIpc) is 2.95. The zero-order chi connectivity index (χ0) is 15.1. The molecule has 6 heteroatoms. The van der Waals surface area contributed by atoms with Crippen LogP contribution in [0, 0.1) is 10.1 Å². The van der Waals surface area contributed by atoms with Gasteiger partial charge in [-0.15, -0.1) is 11.3 Å². The Labute approximate surface area is 129 Å². The van der Waals surface area contributed by atoms with E-state index in [0.717, 1.165) is 31.8 Å². The number of fused-ring (bicyclic) bond motifs is 2. The molecule has 0 spiro atoms. The minimum Gasteiger partial charge on any atom is -0.258 e. The molecular formula is C16H9N3O2S. The lowest BCUT2D eigenvalue weighted by atomic mass is 10.2. The van der Waals surface area contributed by atoms with Crippen molar-refractivity contribution in [2.24, 2.45) is 0 Å². The first-order chi connectivity index (χ1) is 10.7. The van der Waals surface area contributed by atoms with E-state index in [1.165, 1.54) is 23.5 Å². The van der Waals surface area contributed by atoms with Gasteiger partial charge in [-0.25, -0.2) is 9.97 Å². The number of nitrogens with zero attached hydrogens (tertiary/aromatic N) is 3. The second-order valence-electron chi connectivity index (χ2n) is 4.82. The smallest absolute Gasteiger partial charge is 0.258 e. The minimum atomic E-state index is -0.398. The van der Waals surface area contributed by atoms with Gasteiger partial charge in [-0.05, 0) is 35.9 Å². The highest BCUT2D eigenvalue weighted by Gasteiger charge is 2.10. The normalized spacial score (nSPS) is 11.1. The molecular weight excluding hydrogens is 298 g/mol. The lowest BCUT2D eigenvalue weighted by Crippen LogP contribution is -1.86. The summed E-state index contributed by atoms with van der Waals surface area (Å²) in [5, 5.41) is 10.7. The van der Waals surface area contributed by atoms with Crippen molar-refractivity contribution in [1.29, 1.82) is 0 Å². The summed E-state index contributed by atoms with van der Waals surface area (Å²) < 4.78 is 0. The first kappa shape index (κ1) is 12.8. The predicted molar refractivity (Wildman–Crippen MR) is 87.0 cm³/mol. The van der Waals surface area contributed by atoms with Gasteiger partial charge in [0.05, 0.1) is 16.0 Å². The van der Waals surface area contributed by atoms with Crippen molar-refractivity contribution >= 4 is 38.4 Å². The van der Waals surface area contributed by atoms with E-state index in [-0.39, 0.29) is 5.69 Å². The lowest BCUT2D eigenvalue weighted by molar-refractivity contribution is -0.384. The van der Waals surface area contributed by atoms with Crippen LogP contribution in [0.1, 0.15) is 0 Å². The van der Waals surface area contributed by atoms with Crippen LogP contribution in [0.25, 0.3) is 31.8 Å². The van der Waals surface area contributed by atoms with Crippen LogP contribution in [-0.4, -0.2) is 14.9 Å². The number of hydrogen-bond donors (Lipinski definition) is 0. The standard InChI is InChI=1S/C16H9N3O2S/c20-19(21)11-7-5-10(6-8-11)15-9-14-16(22-15)18-13-4-2-1-3-12(13)17-14/h1-9H. The number of rotatable bonds is 2. The Morgan fingerprint density at radius 3 is 2.27 bits per heavy atom. The van der Waals surface area contributed by atoms with Crippen LogP contribution >= 0.6 is 11.3 Å². The summed E-state index contributed by atoms with van der Waals surface area (Å²) in [6.07, 6.45) is 0. The molecule has 0 aliphatic heterocycles. The molecule has 0 N–H and O–H groups in total. The van der Waals surface area contributed by atoms with E-state index in [4.69, 9.17) is 0 Å². The SMILES string of the molecule is O=[N+]([O-])c1ccc(-c2cc3nc4ccccc4nc3s2)cc1. The van der Waals surface area contributed by atoms with Crippen molar-refractivity contribution in [2.45, 2.75) is 0 Å². The molecule has 0 saturated carbocycles. The minimum absolute atomic E-state index is 0.0897. The summed E-state index contributed by atoms with van der Waals surface area (Å²) >= 11 is 1.54. The Bertz CT molecular complexity index is 956. The van der Waals surface area contributed by atoms with Crippen LogP contribution in [0.3, 0.4) is 0 Å². The molecule has 0 atom stereocenters. The molecule has 0 aliphatic carbocycles. The van der Waals surface area contributed by atoms with Crippen LogP contribution in [0.5, 0.6) is 0 Å². The molecule has 2 aromatic heterocycles. The van der Waals surface area contributed by atoms with Gasteiger partial charge in [0.15, 0.2) is 0 Å². The van der Waals surface area contributed by atoms with E-state index < -0.39 is 4.92 Å². The zero-order valence-corrected chi connectivity index (χ0v) is 12.1. The molecule has 4 aromatic rings. The van der Waals surface area contributed by atoms with Gasteiger partial charge in [-0.3, -0.25) is 10.1 Å². The number of aromatic nitrogens is 2. The summed E-state index contributed by atoms with van der Waals surface area (Å²) in [6, 6.07) is 16.2. The number of para-hydroxylation sites is 2. The first-order valence-corrected chi connectivity index (χ1v) is 7.43. The zero-order valence-electron chi connectivity index (χ0n) is 11.3. The van der Waals surface area contributed by atoms with Crippen LogP contribution < -0.4 is 0 Å². The molecule has 106 valence electrons. The Morgan fingerprint density at radius 1 is 0.909 bits per heavy atom. The summed E-state index contributed by atoms with van der Waals surface area (Å²) in [4.78, 5) is 21.4. The molecule has 0 bridgehead atoms. The molecule has 2 aromatic carbocycles. The van der Waals surface area contributed by atoms with Crippen LogP contribution in [-0.2, 0) is 0 Å². The molecule has 0 fully saturated rings. The second kappa shape index (κ2) is 4.85. The quantitative estimate of drug-likeness (QED) is 0.406. The van der Waals surface area contributed by atoms with Crippen molar-refractivity contribution in [3.63, 3.8) is 0 Å². The van der Waals surface area contributed by atoms with E-state index in [1.54, 1.807) is 12.1 Å². The number of thiophene rings is 1. The summed E-state index contributed by atoms with van der Waals surface area (Å²) in [7, 11) is 0. The van der Waals surface area contributed by atoms with Gasteiger partial charge in [0.25, 0.3) is 5.69 Å². The van der Waals surface area contributed by atoms with E-state index in [2.05, 4.69) is 9.97 Å². The number of nitro groups is 1. The molecule has 0 radical (unpaired) electrons. The number of non-ortho nitro benzene ring substituents is 1. The second-order valence-corrected chi connectivity index (χ2v) is 5.85. The van der Waals surface area contributed by atoms with Crippen LogP contribution in [0.15, 0.2) is 54.6 Å². The average molecular weight is 307 g/mol. The molecule has 22 heavy (non-hydrogen) atoms. The van der Waals surface area contributed by atoms with Gasteiger partial charge in [0, 0.05) is 17.0 Å². The van der Waals surface area contributed by atoms with E-state index >= 15 is 0 Å². The van der Waals surface area contributed by atoms with Gasteiger partial charge in [-0.2, -0.15) is 0 Å².